The van der Waals surface area contributed by atoms with Gasteiger partial charge in [-0.25, -0.2) is 4.79 Å². The monoisotopic (exact) mass is 1200 g/mol. The number of esters is 2. The second-order valence-electron chi connectivity index (χ2n) is 26.6. The van der Waals surface area contributed by atoms with Crippen molar-refractivity contribution in [3.05, 3.63) is 233 Å². The molecule has 14 rings (SSSR count). The minimum atomic E-state index is -0.183. The maximum absolute atomic E-state index is 11.7. The fourth-order valence-corrected chi connectivity index (χ4v) is 12.4. The van der Waals surface area contributed by atoms with Crippen molar-refractivity contribution in [2.24, 2.45) is 29.6 Å². The van der Waals surface area contributed by atoms with Crippen LogP contribution in [0.4, 0.5) is 0 Å². The Bertz CT molecular complexity index is 3490. The fourth-order valence-electron chi connectivity index (χ4n) is 12.4. The molecule has 0 aromatic heterocycles. The smallest absolute Gasteiger partial charge is 0.338 e. The molecule has 7 aromatic carbocycles. The van der Waals surface area contributed by atoms with Crippen LogP contribution in [0.15, 0.2) is 127 Å². The van der Waals surface area contributed by atoms with Crippen LogP contribution in [0.3, 0.4) is 0 Å². The molecule has 7 aliphatic rings. The lowest BCUT2D eigenvalue weighted by atomic mass is 9.83. The van der Waals surface area contributed by atoms with E-state index < -0.39 is 0 Å². The second-order valence-corrected chi connectivity index (χ2v) is 26.6. The Labute approximate surface area is 530 Å². The summed E-state index contributed by atoms with van der Waals surface area (Å²) in [5.74, 6) is 4.17. The lowest BCUT2D eigenvalue weighted by molar-refractivity contribution is -0.139. The highest BCUT2D eigenvalue weighted by Crippen LogP contribution is 2.32. The highest BCUT2D eigenvalue weighted by molar-refractivity contribution is 6.00. The van der Waals surface area contributed by atoms with Gasteiger partial charge in [-0.05, 0) is 205 Å². The molecule has 0 N–H and O–H groups in total. The number of hydrogen-bond donors (Lipinski definition) is 0. The van der Waals surface area contributed by atoms with Gasteiger partial charge in [0.1, 0.15) is 23.4 Å². The Morgan fingerprint density at radius 1 is 0.382 bits per heavy atom. The van der Waals surface area contributed by atoms with Crippen LogP contribution in [-0.4, -0.2) is 48.1 Å². The van der Waals surface area contributed by atoms with E-state index in [1.165, 1.54) is 66.8 Å². The van der Waals surface area contributed by atoms with Crippen molar-refractivity contribution in [1.29, 1.82) is 0 Å². The summed E-state index contributed by atoms with van der Waals surface area (Å²) < 4.78 is 21.5. The third-order valence-corrected chi connectivity index (χ3v) is 17.7. The SMILES string of the molecule is Cc1ccc2c(c1)C(=O)CC(C)C2.Cc1ccc2c(c1)C(=O)OC(C)C2.Cc1ccc2c(c1)CC(=O)C(C)C2.Cc1ccc2c(c1)CCC(C)C2=O.Cc1ccc2c(c1)COC(C)C2.Cc1ccc2c(c1)OC(=O)C(C)C2.Cc1ccc2c(c1)OCC(C)C2. The summed E-state index contributed by atoms with van der Waals surface area (Å²) in [5, 5.41) is 0. The molecule has 0 saturated carbocycles. The maximum Gasteiger partial charge on any atom is 0.338 e. The van der Waals surface area contributed by atoms with Gasteiger partial charge in [-0.15, -0.1) is 0 Å². The van der Waals surface area contributed by atoms with Gasteiger partial charge < -0.3 is 18.9 Å². The molecule has 4 heterocycles. The Balaban J connectivity index is 0.000000134. The molecule has 9 heteroatoms. The van der Waals surface area contributed by atoms with Crippen molar-refractivity contribution in [1.82, 2.24) is 0 Å². The topological polar surface area (TPSA) is 122 Å². The van der Waals surface area contributed by atoms with Crippen molar-refractivity contribution in [2.45, 2.75) is 180 Å². The molecule has 0 saturated heterocycles. The molecule has 0 spiro atoms. The van der Waals surface area contributed by atoms with E-state index in [9.17, 15) is 24.0 Å². The molecule has 7 aromatic rings. The van der Waals surface area contributed by atoms with Crippen molar-refractivity contribution in [2.75, 3.05) is 6.61 Å². The van der Waals surface area contributed by atoms with Gasteiger partial charge in [-0.1, -0.05) is 166 Å². The summed E-state index contributed by atoms with van der Waals surface area (Å²) in [6.07, 6.45) is 9.67. The molecule has 89 heavy (non-hydrogen) atoms. The molecular weight excluding hydrogens is 1100 g/mol. The number of cyclic esters (lactones) is 1. The van der Waals surface area contributed by atoms with Gasteiger partial charge in [-0.2, -0.15) is 0 Å². The van der Waals surface area contributed by atoms with Crippen LogP contribution in [0, 0.1) is 78.1 Å². The van der Waals surface area contributed by atoms with Crippen molar-refractivity contribution in [3.8, 4) is 11.5 Å². The van der Waals surface area contributed by atoms with Crippen LogP contribution in [0.25, 0.3) is 0 Å². The number of carbonyl (C=O) groups is 5. The first-order valence-electron chi connectivity index (χ1n) is 32.3. The fraction of sp³-hybridized carbons (Fsp3) is 0.412. The van der Waals surface area contributed by atoms with Gasteiger partial charge in [0.05, 0.1) is 30.8 Å². The van der Waals surface area contributed by atoms with E-state index in [0.29, 0.717) is 41.7 Å². The first kappa shape index (κ1) is 67.2. The normalized spacial score (nSPS) is 21.3. The van der Waals surface area contributed by atoms with Crippen LogP contribution < -0.4 is 9.47 Å². The Hall–Kier alpha value is -7.75. The van der Waals surface area contributed by atoms with E-state index in [2.05, 4.69) is 121 Å². The van der Waals surface area contributed by atoms with Gasteiger partial charge in [0.2, 0.25) is 0 Å². The molecular formula is C80H94O9. The van der Waals surface area contributed by atoms with Crippen LogP contribution in [0.2, 0.25) is 0 Å². The summed E-state index contributed by atoms with van der Waals surface area (Å²) in [6.45, 7) is 30.4. The number of Topliss-reactive ketones (excluding diaryl/α,β-unsaturated/α-hetero) is 3. The van der Waals surface area contributed by atoms with E-state index >= 15 is 0 Å². The van der Waals surface area contributed by atoms with Crippen LogP contribution in [0.5, 0.6) is 11.5 Å². The minimum absolute atomic E-state index is 0.00444. The number of rotatable bonds is 0. The average molecular weight is 1200 g/mol. The standard InChI is InChI=1S/3C12H14O.2C11H12O2.2C11H14O/c1-8-3-6-11-10(7-8)5-4-9(2)12(11)13;1-8-3-4-10-5-9(2)7-12(13)11(10)6-8;1-8-3-4-10-6-9(2)12(13)7-11(10)5-8;1-7-3-4-9-6-8(2)13-11(12)10(9)5-7;1-7-3-4-9-6-8(2)11(12)13-10(9)5-7;1-8-3-4-10-5-9(2)7-12-11(10)6-8;1-8-3-4-10-6-9(2)12-7-11(10)5-8/h3,6-7,9H,4-5H2,1-2H3;3-4,6,9H,5,7H2,1-2H3;3-5,9H,6-7H2,1-2H3;2*3-5,8H,6H2,1-2H3;3-4,6,9H,5,7H2,1-2H3;3-5,9H,6-7H2,1-2H3. The highest BCUT2D eigenvalue weighted by Gasteiger charge is 2.27. The van der Waals surface area contributed by atoms with E-state index in [0.717, 1.165) is 121 Å². The highest BCUT2D eigenvalue weighted by atomic mass is 16.5. The third-order valence-electron chi connectivity index (χ3n) is 17.7. The summed E-state index contributed by atoms with van der Waals surface area (Å²) in [7, 11) is 0. The number of benzene rings is 7. The molecule has 3 aliphatic carbocycles. The third kappa shape index (κ3) is 18.7. The molecule has 7 atom stereocenters. The van der Waals surface area contributed by atoms with Crippen molar-refractivity contribution < 1.29 is 42.9 Å². The zero-order valence-corrected chi connectivity index (χ0v) is 55.3. The Morgan fingerprint density at radius 2 is 0.865 bits per heavy atom. The zero-order valence-electron chi connectivity index (χ0n) is 55.3. The average Bonchev–Trinajstić information content (AvgIpc) is 3.12. The first-order chi connectivity index (χ1) is 42.3. The Morgan fingerprint density at radius 3 is 1.52 bits per heavy atom. The van der Waals surface area contributed by atoms with Gasteiger partial charge in [0.25, 0.3) is 0 Å². The van der Waals surface area contributed by atoms with Gasteiger partial charge in [0, 0.05) is 42.2 Å². The largest absolute Gasteiger partial charge is 0.493 e. The number of fused-ring (bicyclic) bond motifs is 7. The van der Waals surface area contributed by atoms with Crippen LogP contribution in [0.1, 0.15) is 181 Å². The summed E-state index contributed by atoms with van der Waals surface area (Å²) >= 11 is 0. The lowest BCUT2D eigenvalue weighted by Crippen LogP contribution is -2.25. The van der Waals surface area contributed by atoms with Gasteiger partial charge in [0.15, 0.2) is 11.6 Å². The number of hydrogen-bond acceptors (Lipinski definition) is 9. The second kappa shape index (κ2) is 30.6. The zero-order chi connectivity index (χ0) is 64.2. The number of aryl methyl sites for hydroxylation is 8. The summed E-state index contributed by atoms with van der Waals surface area (Å²) in [5.41, 5.74) is 22.7. The number of ketones is 3. The van der Waals surface area contributed by atoms with E-state index in [1.54, 1.807) is 0 Å². The van der Waals surface area contributed by atoms with Crippen molar-refractivity contribution in [3.63, 3.8) is 0 Å². The molecule has 4 aliphatic heterocycles. The van der Waals surface area contributed by atoms with Crippen molar-refractivity contribution >= 4 is 29.3 Å². The summed E-state index contributed by atoms with van der Waals surface area (Å²) in [6, 6.07) is 43.8. The molecule has 7 unspecified atom stereocenters. The van der Waals surface area contributed by atoms with Gasteiger partial charge in [-0.3, -0.25) is 19.2 Å². The molecule has 0 fully saturated rings. The molecule has 0 amide bonds. The molecule has 468 valence electrons. The van der Waals surface area contributed by atoms with Crippen LogP contribution in [-0.2, 0) is 77.0 Å². The van der Waals surface area contributed by atoms with Gasteiger partial charge >= 0.3 is 11.9 Å². The lowest BCUT2D eigenvalue weighted by Gasteiger charge is -2.22. The number of carbonyl (C=O) groups excluding carboxylic acids is 5. The maximum atomic E-state index is 11.7. The predicted octanol–water partition coefficient (Wildman–Crippen LogP) is 17.0. The molecule has 0 radical (unpaired) electrons. The quantitative estimate of drug-likeness (QED) is 0.108. The van der Waals surface area contributed by atoms with E-state index in [4.69, 9.17) is 18.9 Å². The minimum Gasteiger partial charge on any atom is -0.493 e. The van der Waals surface area contributed by atoms with E-state index in [1.807, 2.05) is 103 Å². The first-order valence-corrected chi connectivity index (χ1v) is 32.3. The van der Waals surface area contributed by atoms with Crippen LogP contribution >= 0.6 is 0 Å². The van der Waals surface area contributed by atoms with E-state index in [-0.39, 0.29) is 35.8 Å². The molecule has 0 bridgehead atoms. The summed E-state index contributed by atoms with van der Waals surface area (Å²) in [4.78, 5) is 57.5. The Kier molecular flexibility index (Phi) is 23.1. The predicted molar refractivity (Wildman–Crippen MR) is 357 cm³/mol. The number of ether oxygens (including phenoxy) is 4. The molecule has 9 nitrogen and oxygen atoms in total.